The molecule has 28 heavy (non-hydrogen) atoms. The van der Waals surface area contributed by atoms with Crippen LogP contribution >= 0.6 is 0 Å². The zero-order valence-corrected chi connectivity index (χ0v) is 17.0. The molecule has 0 N–H and O–H groups in total. The van der Waals surface area contributed by atoms with Crippen molar-refractivity contribution in [1.82, 2.24) is 14.7 Å². The summed E-state index contributed by atoms with van der Waals surface area (Å²) in [6.07, 6.45) is 2.89. The van der Waals surface area contributed by atoms with E-state index in [-0.39, 0.29) is 11.9 Å². The lowest BCUT2D eigenvalue weighted by atomic mass is 9.82. The van der Waals surface area contributed by atoms with E-state index < -0.39 is 0 Å². The maximum absolute atomic E-state index is 13.3. The minimum Gasteiger partial charge on any atom is -0.497 e. The van der Waals surface area contributed by atoms with E-state index in [0.29, 0.717) is 19.0 Å². The third kappa shape index (κ3) is 3.78. The highest BCUT2D eigenvalue weighted by Gasteiger charge is 2.36. The number of aromatic nitrogens is 2. The Bertz CT molecular complexity index is 855. The van der Waals surface area contributed by atoms with Crippen LogP contribution in [-0.2, 0) is 29.0 Å². The number of carbonyl (C=O) groups is 1. The van der Waals surface area contributed by atoms with Crippen molar-refractivity contribution < 1.29 is 14.3 Å². The van der Waals surface area contributed by atoms with Gasteiger partial charge in [-0.05, 0) is 68.4 Å². The molecule has 3 heterocycles. The number of carbonyl (C=O) groups excluding carboxylic acids is 1. The van der Waals surface area contributed by atoms with Gasteiger partial charge in [-0.25, -0.2) is 0 Å². The van der Waals surface area contributed by atoms with E-state index in [1.165, 1.54) is 11.1 Å². The van der Waals surface area contributed by atoms with Gasteiger partial charge < -0.3 is 14.4 Å². The summed E-state index contributed by atoms with van der Waals surface area (Å²) in [5.74, 6) is 1.49. The van der Waals surface area contributed by atoms with E-state index in [9.17, 15) is 4.79 Å². The Hall–Kier alpha value is -2.34. The number of aryl methyl sites for hydroxylation is 2. The third-order valence-corrected chi connectivity index (χ3v) is 6.10. The van der Waals surface area contributed by atoms with Gasteiger partial charge in [0, 0.05) is 31.5 Å². The average molecular weight is 383 g/mol. The molecule has 6 heteroatoms. The molecule has 1 aromatic heterocycles. The van der Waals surface area contributed by atoms with Gasteiger partial charge in [-0.15, -0.1) is 0 Å². The van der Waals surface area contributed by atoms with Crippen molar-refractivity contribution in [1.29, 1.82) is 0 Å². The molecule has 1 aromatic carbocycles. The van der Waals surface area contributed by atoms with Gasteiger partial charge in [-0.3, -0.25) is 9.48 Å². The van der Waals surface area contributed by atoms with Crippen molar-refractivity contribution in [2.45, 2.75) is 52.2 Å². The molecule has 2 aliphatic rings. The van der Waals surface area contributed by atoms with Gasteiger partial charge in [0.15, 0.2) is 0 Å². The van der Waals surface area contributed by atoms with Crippen LogP contribution < -0.4 is 4.74 Å². The fraction of sp³-hybridized carbons (Fsp3) is 0.545. The van der Waals surface area contributed by atoms with Crippen LogP contribution in [0.25, 0.3) is 0 Å². The van der Waals surface area contributed by atoms with Crippen molar-refractivity contribution in [3.8, 4) is 5.75 Å². The highest BCUT2D eigenvalue weighted by molar-refractivity contribution is 5.77. The molecular weight excluding hydrogens is 354 g/mol. The van der Waals surface area contributed by atoms with Gasteiger partial charge in [-0.2, -0.15) is 5.10 Å². The molecule has 150 valence electrons. The molecule has 1 amide bonds. The first-order chi connectivity index (χ1) is 13.5. The van der Waals surface area contributed by atoms with Gasteiger partial charge in [0.1, 0.15) is 12.3 Å². The standard InChI is InChI=1S/C22H29N3O3/c1-15-10-16(2)25(23-15)14-22(26)24-13-18-4-5-20(27-3)11-19(18)12-21(24)17-6-8-28-9-7-17/h4-5,10-11,17,21H,6-9,12-14H2,1-3H3/t21-/m1/s1. The summed E-state index contributed by atoms with van der Waals surface area (Å²) >= 11 is 0. The fourth-order valence-corrected chi connectivity index (χ4v) is 4.56. The molecule has 4 rings (SSSR count). The maximum Gasteiger partial charge on any atom is 0.244 e. The summed E-state index contributed by atoms with van der Waals surface area (Å²) in [5, 5.41) is 4.48. The second-order valence-corrected chi connectivity index (χ2v) is 7.96. The monoisotopic (exact) mass is 383 g/mol. The Labute approximate surface area is 166 Å². The number of amides is 1. The quantitative estimate of drug-likeness (QED) is 0.815. The average Bonchev–Trinajstić information content (AvgIpc) is 3.03. The molecule has 0 radical (unpaired) electrons. The fourth-order valence-electron chi connectivity index (χ4n) is 4.56. The number of methoxy groups -OCH3 is 1. The molecule has 0 spiro atoms. The van der Waals surface area contributed by atoms with Crippen LogP contribution in [0.4, 0.5) is 0 Å². The van der Waals surface area contributed by atoms with Crippen LogP contribution in [0.5, 0.6) is 5.75 Å². The molecule has 0 aliphatic carbocycles. The Kier molecular flexibility index (Phi) is 5.40. The summed E-state index contributed by atoms with van der Waals surface area (Å²) in [7, 11) is 1.70. The maximum atomic E-state index is 13.3. The van der Waals surface area contributed by atoms with Gasteiger partial charge in [0.05, 0.1) is 12.8 Å². The molecule has 0 unspecified atom stereocenters. The molecule has 6 nitrogen and oxygen atoms in total. The van der Waals surface area contributed by atoms with E-state index in [4.69, 9.17) is 9.47 Å². The number of ether oxygens (including phenoxy) is 2. The lowest BCUT2D eigenvalue weighted by Crippen LogP contribution is -2.50. The predicted octanol–water partition coefficient (Wildman–Crippen LogP) is 2.89. The van der Waals surface area contributed by atoms with E-state index >= 15 is 0 Å². The normalized spacial score (nSPS) is 20.1. The Morgan fingerprint density at radius 3 is 2.68 bits per heavy atom. The van der Waals surface area contributed by atoms with Gasteiger partial charge in [-0.1, -0.05) is 6.07 Å². The number of hydrogen-bond donors (Lipinski definition) is 0. The molecule has 2 aliphatic heterocycles. The van der Waals surface area contributed by atoms with E-state index in [2.05, 4.69) is 22.1 Å². The van der Waals surface area contributed by atoms with Crippen LogP contribution in [0.2, 0.25) is 0 Å². The van der Waals surface area contributed by atoms with Crippen LogP contribution in [-0.4, -0.2) is 47.0 Å². The summed E-state index contributed by atoms with van der Waals surface area (Å²) in [6, 6.07) is 8.42. The smallest absolute Gasteiger partial charge is 0.244 e. The van der Waals surface area contributed by atoms with E-state index in [1.54, 1.807) is 7.11 Å². The molecule has 2 aromatic rings. The lowest BCUT2D eigenvalue weighted by Gasteiger charge is -2.42. The number of benzene rings is 1. The van der Waals surface area contributed by atoms with Gasteiger partial charge >= 0.3 is 0 Å². The Morgan fingerprint density at radius 2 is 2.00 bits per heavy atom. The molecule has 1 fully saturated rings. The summed E-state index contributed by atoms with van der Waals surface area (Å²) in [6.45, 7) is 6.48. The highest BCUT2D eigenvalue weighted by Crippen LogP contribution is 2.33. The zero-order chi connectivity index (χ0) is 19.7. The van der Waals surface area contributed by atoms with Crippen LogP contribution in [0.15, 0.2) is 24.3 Å². The van der Waals surface area contributed by atoms with Gasteiger partial charge in [0.25, 0.3) is 0 Å². The lowest BCUT2D eigenvalue weighted by molar-refractivity contribution is -0.138. The minimum absolute atomic E-state index is 0.143. The van der Waals surface area contributed by atoms with E-state index in [1.807, 2.05) is 30.7 Å². The van der Waals surface area contributed by atoms with Crippen molar-refractivity contribution >= 4 is 5.91 Å². The molecule has 0 bridgehead atoms. The third-order valence-electron chi connectivity index (χ3n) is 6.10. The molecular formula is C22H29N3O3. The van der Waals surface area contributed by atoms with Crippen LogP contribution in [0.1, 0.15) is 35.4 Å². The molecule has 1 atom stereocenters. The van der Waals surface area contributed by atoms with Crippen LogP contribution in [0.3, 0.4) is 0 Å². The molecule has 1 saturated heterocycles. The van der Waals surface area contributed by atoms with Crippen molar-refractivity contribution in [2.24, 2.45) is 5.92 Å². The van der Waals surface area contributed by atoms with Crippen molar-refractivity contribution in [3.05, 3.63) is 46.8 Å². The number of rotatable bonds is 4. The number of nitrogens with zero attached hydrogens (tertiary/aromatic N) is 3. The topological polar surface area (TPSA) is 56.6 Å². The summed E-state index contributed by atoms with van der Waals surface area (Å²) in [5.41, 5.74) is 4.48. The van der Waals surface area contributed by atoms with E-state index in [0.717, 1.165) is 49.6 Å². The predicted molar refractivity (Wildman–Crippen MR) is 106 cm³/mol. The Balaban J connectivity index is 1.61. The highest BCUT2D eigenvalue weighted by atomic mass is 16.5. The Morgan fingerprint density at radius 1 is 1.21 bits per heavy atom. The van der Waals surface area contributed by atoms with Gasteiger partial charge in [0.2, 0.25) is 5.91 Å². The minimum atomic E-state index is 0.143. The summed E-state index contributed by atoms with van der Waals surface area (Å²) < 4.78 is 12.8. The number of hydrogen-bond acceptors (Lipinski definition) is 4. The summed E-state index contributed by atoms with van der Waals surface area (Å²) in [4.78, 5) is 15.4. The molecule has 0 saturated carbocycles. The van der Waals surface area contributed by atoms with Crippen molar-refractivity contribution in [3.63, 3.8) is 0 Å². The van der Waals surface area contributed by atoms with Crippen LogP contribution in [0, 0.1) is 19.8 Å². The SMILES string of the molecule is COc1ccc2c(c1)C[C@H](C1CCOCC1)N(C(=O)Cn1nc(C)cc1C)C2. The zero-order valence-electron chi connectivity index (χ0n) is 17.0. The second-order valence-electron chi connectivity index (χ2n) is 7.96. The van der Waals surface area contributed by atoms with Crippen molar-refractivity contribution in [2.75, 3.05) is 20.3 Å². The second kappa shape index (κ2) is 7.95. The first-order valence-electron chi connectivity index (χ1n) is 10.1. The number of fused-ring (bicyclic) bond motifs is 1. The first kappa shape index (κ1) is 19.0. The first-order valence-corrected chi connectivity index (χ1v) is 10.1. The largest absolute Gasteiger partial charge is 0.497 e.